The van der Waals surface area contributed by atoms with Crippen LogP contribution in [0, 0.1) is 17.5 Å². The zero-order valence-corrected chi connectivity index (χ0v) is 14.7. The molecule has 0 unspecified atom stereocenters. The van der Waals surface area contributed by atoms with Crippen molar-refractivity contribution in [3.63, 3.8) is 0 Å². The van der Waals surface area contributed by atoms with Gasteiger partial charge in [-0.3, -0.25) is 4.79 Å². The van der Waals surface area contributed by atoms with Crippen molar-refractivity contribution in [3.05, 3.63) is 65.1 Å². The van der Waals surface area contributed by atoms with Crippen molar-refractivity contribution in [1.29, 1.82) is 0 Å². The van der Waals surface area contributed by atoms with Gasteiger partial charge in [-0.1, -0.05) is 11.6 Å². The van der Waals surface area contributed by atoms with Crippen LogP contribution in [0.25, 0.3) is 0 Å². The predicted octanol–water partition coefficient (Wildman–Crippen LogP) is 4.86. The summed E-state index contributed by atoms with van der Waals surface area (Å²) >= 11 is 0. The fourth-order valence-electron chi connectivity index (χ4n) is 2.93. The van der Waals surface area contributed by atoms with Crippen LogP contribution < -0.4 is 10.6 Å². The Bertz CT molecular complexity index is 850. The average molecular weight is 375 g/mol. The van der Waals surface area contributed by atoms with Crippen LogP contribution in [-0.4, -0.2) is 17.4 Å². The Balaban J connectivity index is 1.56. The average Bonchev–Trinajstić information content (AvgIpc) is 2.70. The van der Waals surface area contributed by atoms with Gasteiger partial charge in [0.15, 0.2) is 17.5 Å². The van der Waals surface area contributed by atoms with Crippen LogP contribution in [0.2, 0.25) is 0 Å². The first kappa shape index (κ1) is 18.9. The molecule has 4 nitrogen and oxygen atoms in total. The molecule has 27 heavy (non-hydrogen) atoms. The van der Waals surface area contributed by atoms with Crippen molar-refractivity contribution in [2.75, 3.05) is 11.9 Å². The van der Waals surface area contributed by atoms with E-state index in [2.05, 4.69) is 21.7 Å². The van der Waals surface area contributed by atoms with Gasteiger partial charge in [-0.2, -0.15) is 0 Å². The highest BCUT2D eigenvalue weighted by atomic mass is 19.2. The molecule has 1 aliphatic carbocycles. The molecule has 142 valence electrons. The minimum absolute atomic E-state index is 0.212. The van der Waals surface area contributed by atoms with E-state index in [0.717, 1.165) is 31.4 Å². The zero-order valence-electron chi connectivity index (χ0n) is 14.7. The Morgan fingerprint density at radius 1 is 1.07 bits per heavy atom. The summed E-state index contributed by atoms with van der Waals surface area (Å²) in [5.74, 6) is -4.17. The second kappa shape index (κ2) is 8.70. The molecule has 0 radical (unpaired) electrons. The first-order valence-corrected chi connectivity index (χ1v) is 8.87. The quantitative estimate of drug-likeness (QED) is 0.560. The van der Waals surface area contributed by atoms with Gasteiger partial charge in [-0.15, -0.1) is 0 Å². The third-order valence-electron chi connectivity index (χ3n) is 4.44. The summed E-state index contributed by atoms with van der Waals surface area (Å²) in [6.07, 6.45) is 9.07. The molecule has 0 atom stereocenters. The van der Waals surface area contributed by atoms with Gasteiger partial charge in [-0.25, -0.2) is 18.2 Å². The van der Waals surface area contributed by atoms with E-state index in [-0.39, 0.29) is 17.4 Å². The molecule has 0 fully saturated rings. The highest BCUT2D eigenvalue weighted by Gasteiger charge is 2.14. The van der Waals surface area contributed by atoms with Crippen molar-refractivity contribution in [1.82, 2.24) is 10.3 Å². The molecule has 1 heterocycles. The number of benzene rings is 1. The smallest absolute Gasteiger partial charge is 0.252 e. The van der Waals surface area contributed by atoms with E-state index >= 15 is 0 Å². The number of carbonyl (C=O) groups is 1. The molecule has 0 spiro atoms. The molecule has 1 amide bonds. The number of nitrogens with one attached hydrogen (secondary N) is 2. The lowest BCUT2D eigenvalue weighted by atomic mass is 9.97. The van der Waals surface area contributed by atoms with E-state index in [0.29, 0.717) is 12.1 Å². The molecule has 1 aromatic carbocycles. The molecule has 0 saturated carbocycles. The van der Waals surface area contributed by atoms with Crippen LogP contribution in [0.3, 0.4) is 0 Å². The van der Waals surface area contributed by atoms with E-state index < -0.39 is 17.5 Å². The van der Waals surface area contributed by atoms with E-state index in [1.165, 1.54) is 36.7 Å². The molecule has 0 bridgehead atoms. The van der Waals surface area contributed by atoms with Crippen LogP contribution in [0.4, 0.5) is 24.7 Å². The third kappa shape index (κ3) is 4.87. The first-order chi connectivity index (χ1) is 13.0. The molecular weight excluding hydrogens is 355 g/mol. The van der Waals surface area contributed by atoms with Gasteiger partial charge in [0.2, 0.25) is 0 Å². The van der Waals surface area contributed by atoms with Crippen LogP contribution in [-0.2, 0) is 0 Å². The molecule has 0 aliphatic heterocycles. The van der Waals surface area contributed by atoms with Gasteiger partial charge in [-0.05, 0) is 56.4 Å². The number of aromatic nitrogens is 1. The predicted molar refractivity (Wildman–Crippen MR) is 97.3 cm³/mol. The molecule has 2 aromatic rings. The van der Waals surface area contributed by atoms with Crippen LogP contribution in [0.1, 0.15) is 42.5 Å². The largest absolute Gasteiger partial charge is 0.352 e. The number of allylic oxidation sites excluding steroid dienone is 1. The number of carbonyl (C=O) groups excluding carboxylic acids is 1. The number of nitrogens with zero attached hydrogens (tertiary/aromatic N) is 1. The van der Waals surface area contributed by atoms with E-state index in [1.54, 1.807) is 0 Å². The lowest BCUT2D eigenvalue weighted by molar-refractivity contribution is 0.0953. The Morgan fingerprint density at radius 3 is 2.63 bits per heavy atom. The van der Waals surface area contributed by atoms with Gasteiger partial charge < -0.3 is 10.6 Å². The minimum Gasteiger partial charge on any atom is -0.352 e. The second-order valence-corrected chi connectivity index (χ2v) is 6.39. The molecular formula is C20H20F3N3O. The topological polar surface area (TPSA) is 54.0 Å². The molecule has 1 aromatic heterocycles. The number of pyridine rings is 1. The number of amides is 1. The summed E-state index contributed by atoms with van der Waals surface area (Å²) in [6.45, 7) is 0.560. The Morgan fingerprint density at radius 2 is 1.93 bits per heavy atom. The number of anilines is 2. The maximum atomic E-state index is 13.7. The summed E-state index contributed by atoms with van der Waals surface area (Å²) in [6, 6.07) is 4.90. The van der Waals surface area contributed by atoms with Crippen molar-refractivity contribution in [2.45, 2.75) is 32.1 Å². The molecule has 2 N–H and O–H groups in total. The van der Waals surface area contributed by atoms with Crippen molar-refractivity contribution in [3.8, 4) is 0 Å². The maximum Gasteiger partial charge on any atom is 0.252 e. The monoisotopic (exact) mass is 375 g/mol. The van der Waals surface area contributed by atoms with E-state index in [9.17, 15) is 18.0 Å². The molecule has 3 rings (SSSR count). The zero-order chi connectivity index (χ0) is 19.2. The number of rotatable bonds is 6. The van der Waals surface area contributed by atoms with Crippen LogP contribution in [0.5, 0.6) is 0 Å². The van der Waals surface area contributed by atoms with Gasteiger partial charge in [0.25, 0.3) is 5.91 Å². The molecule has 1 aliphatic rings. The number of hydrogen-bond acceptors (Lipinski definition) is 3. The van der Waals surface area contributed by atoms with Gasteiger partial charge in [0, 0.05) is 12.7 Å². The van der Waals surface area contributed by atoms with Crippen molar-refractivity contribution >= 4 is 17.4 Å². The van der Waals surface area contributed by atoms with Crippen LogP contribution in [0.15, 0.2) is 42.1 Å². The summed E-state index contributed by atoms with van der Waals surface area (Å²) in [4.78, 5) is 16.2. The molecule has 0 saturated heterocycles. The number of halogens is 3. The van der Waals surface area contributed by atoms with Gasteiger partial charge in [0.05, 0.1) is 11.3 Å². The fraction of sp³-hybridized carbons (Fsp3) is 0.300. The Kier molecular flexibility index (Phi) is 6.11. The summed E-state index contributed by atoms with van der Waals surface area (Å²) in [7, 11) is 0. The van der Waals surface area contributed by atoms with Gasteiger partial charge in [0.1, 0.15) is 5.82 Å². The summed E-state index contributed by atoms with van der Waals surface area (Å²) in [5, 5.41) is 5.41. The lowest BCUT2D eigenvalue weighted by Gasteiger charge is -2.13. The number of hydrogen-bond donors (Lipinski definition) is 2. The normalized spacial score (nSPS) is 13.8. The minimum atomic E-state index is -1.55. The maximum absolute atomic E-state index is 13.7. The second-order valence-electron chi connectivity index (χ2n) is 6.39. The molecule has 7 heteroatoms. The highest BCUT2D eigenvalue weighted by Crippen LogP contribution is 2.23. The van der Waals surface area contributed by atoms with Crippen molar-refractivity contribution in [2.24, 2.45) is 0 Å². The van der Waals surface area contributed by atoms with Gasteiger partial charge >= 0.3 is 0 Å². The fourth-order valence-corrected chi connectivity index (χ4v) is 2.93. The SMILES string of the molecule is O=C(NCCC1=CCCCC1)c1ccc(Nc2ccc(F)c(F)c2F)nc1. The van der Waals surface area contributed by atoms with E-state index in [1.807, 2.05) is 0 Å². The Labute approximate surface area is 155 Å². The third-order valence-corrected chi connectivity index (χ3v) is 4.44. The van der Waals surface area contributed by atoms with Crippen molar-refractivity contribution < 1.29 is 18.0 Å². The standard InChI is InChI=1S/C20H20F3N3O/c21-15-7-8-16(19(23)18(15)22)26-17-9-6-14(12-25-17)20(27)24-11-10-13-4-2-1-3-5-13/h4,6-9,12H,1-3,5,10-11H2,(H,24,27)(H,25,26). The van der Waals surface area contributed by atoms with Crippen LogP contribution >= 0.6 is 0 Å². The summed E-state index contributed by atoms with van der Waals surface area (Å²) < 4.78 is 39.9. The Hall–Kier alpha value is -2.83. The highest BCUT2D eigenvalue weighted by molar-refractivity contribution is 5.94. The van der Waals surface area contributed by atoms with E-state index in [4.69, 9.17) is 0 Å². The lowest BCUT2D eigenvalue weighted by Crippen LogP contribution is -2.25. The summed E-state index contributed by atoms with van der Waals surface area (Å²) in [5.41, 5.74) is 1.51. The first-order valence-electron chi connectivity index (χ1n) is 8.87.